The Labute approximate surface area is 602 Å². The van der Waals surface area contributed by atoms with Gasteiger partial charge < -0.3 is 20.1 Å². The van der Waals surface area contributed by atoms with Gasteiger partial charge in [0.2, 0.25) is 0 Å². The van der Waals surface area contributed by atoms with Crippen LogP contribution in [-0.4, -0.2) is 49.3 Å². The summed E-state index contributed by atoms with van der Waals surface area (Å²) in [5, 5.41) is 0. The molecule has 10 heteroatoms. The highest BCUT2D eigenvalue weighted by atomic mass is 31.2. The maximum absolute atomic E-state index is 12.8. The van der Waals surface area contributed by atoms with Crippen LogP contribution in [0, 0.1) is 0 Å². The van der Waals surface area contributed by atoms with E-state index in [2.05, 4.69) is 86.8 Å². The van der Waals surface area contributed by atoms with Crippen molar-refractivity contribution in [3.63, 3.8) is 0 Å². The fraction of sp³-hybridized carbons (Fsp3) is 0.839. The number of carbonyl (C=O) groups is 2. The van der Waals surface area contributed by atoms with Crippen LogP contribution in [-0.2, 0) is 32.7 Å². The van der Waals surface area contributed by atoms with Crippen LogP contribution < -0.4 is 5.73 Å². The van der Waals surface area contributed by atoms with E-state index in [1.807, 2.05) is 0 Å². The van der Waals surface area contributed by atoms with E-state index in [9.17, 15) is 19.0 Å². The van der Waals surface area contributed by atoms with E-state index in [1.165, 1.54) is 340 Å². The Hall–Kier alpha value is -2.55. The highest BCUT2D eigenvalue weighted by molar-refractivity contribution is 7.47. The Balaban J connectivity index is 3.73. The van der Waals surface area contributed by atoms with Crippen molar-refractivity contribution in [3.8, 4) is 0 Å². The van der Waals surface area contributed by atoms with E-state index in [4.69, 9.17) is 24.3 Å². The van der Waals surface area contributed by atoms with Crippen LogP contribution in [0.2, 0.25) is 0 Å². The molecule has 0 aliphatic carbocycles. The van der Waals surface area contributed by atoms with E-state index in [1.54, 1.807) is 0 Å². The smallest absolute Gasteiger partial charge is 0.462 e. The Morgan fingerprint density at radius 2 is 0.567 bits per heavy atom. The van der Waals surface area contributed by atoms with Crippen molar-refractivity contribution in [2.45, 2.75) is 444 Å². The number of phosphoric acid groups is 1. The molecular formula is C87H162NO8P. The number of hydrogen-bond acceptors (Lipinski definition) is 8. The molecule has 0 spiro atoms. The SMILES string of the molecule is CC/C=C\C/C=C\C/C=C\C/C=C\C/C=C\CCCCCCCCCCCCCCCCCCCCCCCCCCCC(=O)OC(COC(=O)CCCCCCCCCCCCCCCCCCCCCCCCC/C=C\CCCCCCCCCC)COP(=O)(O)OCCN. The van der Waals surface area contributed by atoms with Crippen LogP contribution in [0.4, 0.5) is 0 Å². The fourth-order valence-electron chi connectivity index (χ4n) is 12.8. The molecule has 0 heterocycles. The number of carbonyl (C=O) groups excluding carboxylic acids is 2. The quantitative estimate of drug-likeness (QED) is 0.0264. The van der Waals surface area contributed by atoms with Gasteiger partial charge in [-0.3, -0.25) is 18.6 Å². The van der Waals surface area contributed by atoms with Gasteiger partial charge in [0.1, 0.15) is 6.61 Å². The van der Waals surface area contributed by atoms with Crippen molar-refractivity contribution in [2.24, 2.45) is 5.73 Å². The minimum absolute atomic E-state index is 0.0556. The zero-order chi connectivity index (χ0) is 70.0. The molecule has 568 valence electrons. The monoisotopic (exact) mass is 1380 g/mol. The third-order valence-corrected chi connectivity index (χ3v) is 20.1. The van der Waals surface area contributed by atoms with E-state index < -0.39 is 26.5 Å². The highest BCUT2D eigenvalue weighted by Gasteiger charge is 2.26. The standard InChI is InChI=1S/C87H162NO8P/c1-3-5-7-9-11-13-15-17-19-21-23-25-27-29-31-33-35-37-39-40-41-42-43-44-46-48-50-52-54-56-58-60-62-64-66-68-70-72-74-76-78-80-87(90)96-85(84-95-97(91,92)94-82-81-88)83-93-86(89)79-77-75-73-71-69-67-65-63-61-59-57-55-53-51-49-47-45-38-36-34-32-30-28-26-24-22-20-18-16-14-12-10-8-6-4-2/h5,7,11,13,17,19,22-25,29,31,85H,3-4,6,8-10,12,14-16,18,20-21,26-28,30,32-84,88H2,1-2H3,(H,91,92)/b7-5-,13-11-,19-17-,24-22-,25-23-,31-29-. The van der Waals surface area contributed by atoms with Crippen molar-refractivity contribution in [3.05, 3.63) is 72.9 Å². The van der Waals surface area contributed by atoms with Gasteiger partial charge in [-0.05, 0) is 83.5 Å². The van der Waals surface area contributed by atoms with Gasteiger partial charge in [-0.25, -0.2) is 4.57 Å². The average molecular weight is 1380 g/mol. The average Bonchev–Trinajstić information content (AvgIpc) is 2.57. The van der Waals surface area contributed by atoms with Gasteiger partial charge in [-0.15, -0.1) is 0 Å². The molecule has 0 aliphatic heterocycles. The summed E-state index contributed by atoms with van der Waals surface area (Å²) in [4.78, 5) is 35.5. The van der Waals surface area contributed by atoms with Crippen molar-refractivity contribution in [2.75, 3.05) is 26.4 Å². The molecule has 0 aromatic rings. The molecule has 0 amide bonds. The summed E-state index contributed by atoms with van der Waals surface area (Å²) in [6.07, 6.45) is 111. The number of rotatable bonds is 81. The molecule has 0 aromatic carbocycles. The van der Waals surface area contributed by atoms with E-state index in [0.29, 0.717) is 6.42 Å². The topological polar surface area (TPSA) is 134 Å². The zero-order valence-corrected chi connectivity index (χ0v) is 65.2. The summed E-state index contributed by atoms with van der Waals surface area (Å²) >= 11 is 0. The lowest BCUT2D eigenvalue weighted by Crippen LogP contribution is -2.29. The number of ether oxygens (including phenoxy) is 2. The second-order valence-corrected chi connectivity index (χ2v) is 30.1. The maximum Gasteiger partial charge on any atom is 0.472 e. The molecule has 0 radical (unpaired) electrons. The van der Waals surface area contributed by atoms with Crippen LogP contribution >= 0.6 is 7.82 Å². The predicted molar refractivity (Wildman–Crippen MR) is 423 cm³/mol. The van der Waals surface area contributed by atoms with E-state index in [-0.39, 0.29) is 38.6 Å². The van der Waals surface area contributed by atoms with Crippen LogP contribution in [0.1, 0.15) is 438 Å². The molecular weight excluding hydrogens is 1220 g/mol. The summed E-state index contributed by atoms with van der Waals surface area (Å²) in [6.45, 7) is 3.71. The summed E-state index contributed by atoms with van der Waals surface area (Å²) in [5.74, 6) is -0.802. The molecule has 9 nitrogen and oxygen atoms in total. The van der Waals surface area contributed by atoms with Crippen LogP contribution in [0.25, 0.3) is 0 Å². The predicted octanol–water partition coefficient (Wildman–Crippen LogP) is 28.7. The van der Waals surface area contributed by atoms with Gasteiger partial charge in [-0.1, -0.05) is 414 Å². The number of unbranched alkanes of at least 4 members (excludes halogenated alkanes) is 56. The zero-order valence-electron chi connectivity index (χ0n) is 64.3. The first-order valence-electron chi connectivity index (χ1n) is 42.4. The van der Waals surface area contributed by atoms with Gasteiger partial charge in [-0.2, -0.15) is 0 Å². The number of allylic oxidation sites excluding steroid dienone is 12. The third-order valence-electron chi connectivity index (χ3n) is 19.1. The minimum Gasteiger partial charge on any atom is -0.462 e. The van der Waals surface area contributed by atoms with Crippen molar-refractivity contribution in [1.82, 2.24) is 0 Å². The van der Waals surface area contributed by atoms with Crippen LogP contribution in [0.15, 0.2) is 72.9 Å². The summed E-state index contributed by atoms with van der Waals surface area (Å²) < 4.78 is 33.3. The van der Waals surface area contributed by atoms with Crippen molar-refractivity contribution in [1.29, 1.82) is 0 Å². The van der Waals surface area contributed by atoms with E-state index in [0.717, 1.165) is 64.2 Å². The van der Waals surface area contributed by atoms with Gasteiger partial charge in [0, 0.05) is 19.4 Å². The first-order chi connectivity index (χ1) is 47.8. The lowest BCUT2D eigenvalue weighted by Gasteiger charge is -2.19. The number of phosphoric ester groups is 1. The highest BCUT2D eigenvalue weighted by Crippen LogP contribution is 2.43. The molecule has 0 aromatic heterocycles. The number of esters is 2. The molecule has 2 unspecified atom stereocenters. The van der Waals surface area contributed by atoms with Crippen LogP contribution in [0.3, 0.4) is 0 Å². The molecule has 2 atom stereocenters. The van der Waals surface area contributed by atoms with Gasteiger partial charge in [0.15, 0.2) is 6.10 Å². The first kappa shape index (κ1) is 94.5. The summed E-state index contributed by atoms with van der Waals surface area (Å²) in [7, 11) is -4.40. The maximum atomic E-state index is 12.8. The van der Waals surface area contributed by atoms with Crippen molar-refractivity contribution < 1.29 is 37.6 Å². The molecule has 97 heavy (non-hydrogen) atoms. The number of nitrogens with two attached hydrogens (primary N) is 1. The lowest BCUT2D eigenvalue weighted by molar-refractivity contribution is -0.161. The second-order valence-electron chi connectivity index (χ2n) is 28.7. The largest absolute Gasteiger partial charge is 0.472 e. The summed E-state index contributed by atoms with van der Waals surface area (Å²) in [6, 6.07) is 0. The molecule has 0 fully saturated rings. The van der Waals surface area contributed by atoms with Crippen molar-refractivity contribution >= 4 is 19.8 Å². The van der Waals surface area contributed by atoms with Gasteiger partial charge in [0.05, 0.1) is 13.2 Å². The molecule has 0 bridgehead atoms. The summed E-state index contributed by atoms with van der Waals surface area (Å²) in [5.41, 5.74) is 5.42. The number of hydrogen-bond donors (Lipinski definition) is 2. The third kappa shape index (κ3) is 82.3. The first-order valence-corrected chi connectivity index (χ1v) is 43.9. The fourth-order valence-corrected chi connectivity index (χ4v) is 13.6. The van der Waals surface area contributed by atoms with Crippen LogP contribution in [0.5, 0.6) is 0 Å². The molecule has 3 N–H and O–H groups in total. The Kier molecular flexibility index (Phi) is 80.2. The normalized spacial score (nSPS) is 13.2. The Bertz CT molecular complexity index is 1830. The molecule has 0 saturated heterocycles. The van der Waals surface area contributed by atoms with E-state index >= 15 is 0 Å². The lowest BCUT2D eigenvalue weighted by atomic mass is 10.0. The minimum atomic E-state index is -4.40. The Morgan fingerprint density at radius 3 is 0.856 bits per heavy atom. The van der Waals surface area contributed by atoms with Gasteiger partial charge in [0.25, 0.3) is 0 Å². The molecule has 0 saturated carbocycles. The second kappa shape index (κ2) is 82.4. The Morgan fingerprint density at radius 1 is 0.320 bits per heavy atom. The van der Waals surface area contributed by atoms with Gasteiger partial charge >= 0.3 is 19.8 Å². The molecule has 0 aliphatic rings. The molecule has 0 rings (SSSR count).